The Labute approximate surface area is 284 Å². The van der Waals surface area contributed by atoms with Gasteiger partial charge in [-0.25, -0.2) is 19.2 Å². The minimum absolute atomic E-state index is 0.203. The van der Waals surface area contributed by atoms with E-state index in [2.05, 4.69) is 13.2 Å². The van der Waals surface area contributed by atoms with Crippen molar-refractivity contribution in [2.45, 2.75) is 32.6 Å². The van der Waals surface area contributed by atoms with Gasteiger partial charge in [0.05, 0.1) is 32.0 Å². The third kappa shape index (κ3) is 13.2. The lowest BCUT2D eigenvalue weighted by Gasteiger charge is -2.10. The summed E-state index contributed by atoms with van der Waals surface area (Å²) in [6.45, 7) is 9.78. The van der Waals surface area contributed by atoms with Gasteiger partial charge in [0.25, 0.3) is 0 Å². The largest absolute Gasteiger partial charge is 0.494 e. The molecule has 0 atom stereocenters. The van der Waals surface area contributed by atoms with Gasteiger partial charge in [0, 0.05) is 12.2 Å². The molecule has 11 nitrogen and oxygen atoms in total. The van der Waals surface area contributed by atoms with E-state index in [1.54, 1.807) is 61.5 Å². The second-order valence-electron chi connectivity index (χ2n) is 10.3. The second kappa shape index (κ2) is 20.2. The van der Waals surface area contributed by atoms with Crippen LogP contribution >= 0.6 is 0 Å². The number of carbonyl (C=O) groups excluding carboxylic acids is 4. The summed E-state index contributed by atoms with van der Waals surface area (Å²) in [4.78, 5) is 47.5. The summed E-state index contributed by atoms with van der Waals surface area (Å²) in [5, 5.41) is 9.60. The second-order valence-corrected chi connectivity index (χ2v) is 10.3. The molecule has 0 saturated carbocycles. The molecule has 3 aromatic rings. The third-order valence-electron chi connectivity index (χ3n) is 6.62. The number of benzene rings is 3. The Kier molecular flexibility index (Phi) is 15.4. The number of ether oxygens (including phenoxy) is 6. The van der Waals surface area contributed by atoms with Gasteiger partial charge in [0.2, 0.25) is 0 Å². The number of hydrogen-bond donors (Lipinski definition) is 0. The van der Waals surface area contributed by atoms with Crippen LogP contribution in [0, 0.1) is 18.3 Å². The summed E-state index contributed by atoms with van der Waals surface area (Å²) in [6.07, 6.45) is 6.29. The summed E-state index contributed by atoms with van der Waals surface area (Å²) in [5.41, 5.74) is 1.21. The molecule has 0 saturated heterocycles. The molecular weight excluding hydrogens is 630 g/mol. The average molecular weight is 668 g/mol. The van der Waals surface area contributed by atoms with Gasteiger partial charge in [-0.3, -0.25) is 0 Å². The van der Waals surface area contributed by atoms with Gasteiger partial charge in [0.15, 0.2) is 0 Å². The van der Waals surface area contributed by atoms with E-state index in [9.17, 15) is 24.4 Å². The van der Waals surface area contributed by atoms with Crippen molar-refractivity contribution in [2.24, 2.45) is 0 Å². The molecule has 0 aliphatic heterocycles. The van der Waals surface area contributed by atoms with Crippen LogP contribution in [0.2, 0.25) is 0 Å². The Bertz CT molecular complexity index is 1680. The average Bonchev–Trinajstić information content (AvgIpc) is 3.11. The Hall–Kier alpha value is -6.15. The Morgan fingerprint density at radius 2 is 1.20 bits per heavy atom. The minimum Gasteiger partial charge on any atom is -0.494 e. The van der Waals surface area contributed by atoms with Crippen molar-refractivity contribution in [1.29, 1.82) is 5.26 Å². The third-order valence-corrected chi connectivity index (χ3v) is 6.62. The zero-order valence-corrected chi connectivity index (χ0v) is 27.2. The zero-order chi connectivity index (χ0) is 35.4. The highest BCUT2D eigenvalue weighted by molar-refractivity contribution is 5.99. The van der Waals surface area contributed by atoms with Crippen LogP contribution in [0.25, 0.3) is 6.08 Å². The number of aryl methyl sites for hydroxylation is 1. The molecule has 0 radical (unpaired) electrons. The molecule has 0 aliphatic rings. The number of hydrogen-bond acceptors (Lipinski definition) is 11. The SMILES string of the molecule is C=CC(=O)OCCCCOc1ccc(/C=C(\C#N)C(=O)Oc2ccc(OC(=O)c3ccc(OCCCCOC(=O)C=C)cc3)cc2C)cc1. The Morgan fingerprint density at radius 1 is 0.694 bits per heavy atom. The predicted octanol–water partition coefficient (Wildman–Crippen LogP) is 6.50. The molecule has 0 N–H and O–H groups in total. The van der Waals surface area contributed by atoms with E-state index in [1.807, 2.05) is 6.07 Å². The number of nitrogens with zero attached hydrogens (tertiary/aromatic N) is 1. The highest BCUT2D eigenvalue weighted by Gasteiger charge is 2.16. The molecule has 11 heteroatoms. The van der Waals surface area contributed by atoms with Gasteiger partial charge in [-0.1, -0.05) is 25.3 Å². The topological polar surface area (TPSA) is 147 Å². The summed E-state index contributed by atoms with van der Waals surface area (Å²) in [7, 11) is 0. The van der Waals surface area contributed by atoms with Crippen molar-refractivity contribution >= 4 is 30.0 Å². The first-order chi connectivity index (χ1) is 23.7. The number of unbranched alkanes of at least 4 members (excludes halogenated alkanes) is 2. The van der Waals surface area contributed by atoms with E-state index in [4.69, 9.17) is 28.4 Å². The molecule has 0 aliphatic carbocycles. The van der Waals surface area contributed by atoms with Crippen LogP contribution < -0.4 is 18.9 Å². The maximum absolute atomic E-state index is 12.8. The van der Waals surface area contributed by atoms with E-state index >= 15 is 0 Å². The fourth-order valence-corrected chi connectivity index (χ4v) is 4.02. The van der Waals surface area contributed by atoms with Crippen LogP contribution in [0.5, 0.6) is 23.0 Å². The molecule has 0 aromatic heterocycles. The quantitative estimate of drug-likeness (QED) is 0.0453. The number of rotatable bonds is 19. The van der Waals surface area contributed by atoms with E-state index in [-0.39, 0.29) is 30.3 Å². The number of carbonyl (C=O) groups is 4. The van der Waals surface area contributed by atoms with Gasteiger partial charge < -0.3 is 28.4 Å². The Morgan fingerprint density at radius 3 is 1.71 bits per heavy atom. The molecule has 0 fully saturated rings. The lowest BCUT2D eigenvalue weighted by molar-refractivity contribution is -0.138. The van der Waals surface area contributed by atoms with E-state index < -0.39 is 23.9 Å². The first kappa shape index (κ1) is 37.3. The molecule has 0 amide bonds. The Balaban J connectivity index is 1.46. The first-order valence-electron chi connectivity index (χ1n) is 15.4. The lowest BCUT2D eigenvalue weighted by Crippen LogP contribution is -2.11. The summed E-state index contributed by atoms with van der Waals surface area (Å²) in [6, 6.07) is 19.7. The maximum Gasteiger partial charge on any atom is 0.354 e. The molecular formula is C38H37NO10. The van der Waals surface area contributed by atoms with Crippen LogP contribution in [0.4, 0.5) is 0 Å². The monoisotopic (exact) mass is 667 g/mol. The van der Waals surface area contributed by atoms with E-state index in [0.717, 1.165) is 12.2 Å². The molecule has 0 spiro atoms. The summed E-state index contributed by atoms with van der Waals surface area (Å²) < 4.78 is 32.1. The fourth-order valence-electron chi connectivity index (χ4n) is 4.02. The van der Waals surface area contributed by atoms with Crippen molar-refractivity contribution in [3.63, 3.8) is 0 Å². The molecule has 0 unspecified atom stereocenters. The highest BCUT2D eigenvalue weighted by Crippen LogP contribution is 2.26. The molecule has 0 bridgehead atoms. The van der Waals surface area contributed by atoms with Gasteiger partial charge in [-0.2, -0.15) is 5.26 Å². The molecule has 3 aromatic carbocycles. The van der Waals surface area contributed by atoms with Gasteiger partial charge >= 0.3 is 23.9 Å². The van der Waals surface area contributed by atoms with Crippen molar-refractivity contribution in [3.05, 3.63) is 114 Å². The normalized spacial score (nSPS) is 10.6. The molecule has 49 heavy (non-hydrogen) atoms. The van der Waals surface area contributed by atoms with Crippen molar-refractivity contribution in [1.82, 2.24) is 0 Å². The van der Waals surface area contributed by atoms with E-state index in [1.165, 1.54) is 18.2 Å². The van der Waals surface area contributed by atoms with Crippen LogP contribution in [0.15, 0.2) is 97.6 Å². The van der Waals surface area contributed by atoms with Gasteiger partial charge in [0.1, 0.15) is 34.6 Å². The predicted molar refractivity (Wildman–Crippen MR) is 180 cm³/mol. The number of esters is 4. The van der Waals surface area contributed by atoms with Crippen LogP contribution in [0.1, 0.15) is 47.2 Å². The van der Waals surface area contributed by atoms with E-state index in [0.29, 0.717) is 67.1 Å². The van der Waals surface area contributed by atoms with Crippen molar-refractivity contribution < 1.29 is 47.6 Å². The first-order valence-corrected chi connectivity index (χ1v) is 15.4. The van der Waals surface area contributed by atoms with Crippen LogP contribution in [-0.4, -0.2) is 50.3 Å². The minimum atomic E-state index is -0.841. The molecule has 254 valence electrons. The maximum atomic E-state index is 12.8. The van der Waals surface area contributed by atoms with Crippen molar-refractivity contribution in [3.8, 4) is 29.1 Å². The highest BCUT2D eigenvalue weighted by atomic mass is 16.5. The zero-order valence-electron chi connectivity index (χ0n) is 27.2. The summed E-state index contributed by atoms with van der Waals surface area (Å²) >= 11 is 0. The van der Waals surface area contributed by atoms with Crippen LogP contribution in [-0.2, 0) is 23.9 Å². The lowest BCUT2D eigenvalue weighted by atomic mass is 10.1. The number of nitriles is 1. The fraction of sp³-hybridized carbons (Fsp3) is 0.237. The van der Waals surface area contributed by atoms with Gasteiger partial charge in [-0.15, -0.1) is 0 Å². The molecule has 3 rings (SSSR count). The van der Waals surface area contributed by atoms with Crippen molar-refractivity contribution in [2.75, 3.05) is 26.4 Å². The smallest absolute Gasteiger partial charge is 0.354 e. The van der Waals surface area contributed by atoms with Crippen LogP contribution in [0.3, 0.4) is 0 Å². The standard InChI is InChI=1S/C38H37NO10/c1-4-35(40)46-22-8-6-20-44-31-14-10-28(11-15-31)25-30(26-39)38(43)49-34-19-18-33(24-27(34)3)48-37(42)29-12-16-32(17-13-29)45-21-7-9-23-47-36(41)5-2/h4-5,10-19,24-25H,1-2,6-9,20-23H2,3H3/b30-25+. The van der Waals surface area contributed by atoms with Gasteiger partial charge in [-0.05, 0) is 104 Å². The summed E-state index contributed by atoms with van der Waals surface area (Å²) in [5.74, 6) is -0.712. The molecule has 0 heterocycles.